The Morgan fingerprint density at radius 2 is 2.08 bits per heavy atom. The van der Waals surface area contributed by atoms with Crippen molar-refractivity contribution >= 4 is 5.91 Å². The molecule has 1 amide bonds. The van der Waals surface area contributed by atoms with E-state index in [0.29, 0.717) is 0 Å². The third-order valence-corrected chi connectivity index (χ3v) is 1.82. The summed E-state index contributed by atoms with van der Waals surface area (Å²) in [6.07, 6.45) is 0.0622. The van der Waals surface area contributed by atoms with Crippen LogP contribution in [-0.2, 0) is 4.79 Å². The summed E-state index contributed by atoms with van der Waals surface area (Å²) in [4.78, 5) is 11.2. The van der Waals surface area contributed by atoms with Gasteiger partial charge in [0.05, 0.1) is 6.10 Å². The van der Waals surface area contributed by atoms with E-state index in [4.69, 9.17) is 10.8 Å². The number of aliphatic hydroxyl groups excluding tert-OH is 1. The van der Waals surface area contributed by atoms with Crippen LogP contribution in [0.4, 0.5) is 0 Å². The molecular formula is C8H18N2O2. The van der Waals surface area contributed by atoms with Crippen molar-refractivity contribution in [1.82, 2.24) is 5.32 Å². The first kappa shape index (κ1) is 11.4. The summed E-state index contributed by atoms with van der Waals surface area (Å²) in [6.45, 7) is 5.37. The minimum absolute atomic E-state index is 0.113. The number of rotatable bonds is 4. The van der Waals surface area contributed by atoms with E-state index in [9.17, 15) is 4.79 Å². The van der Waals surface area contributed by atoms with Gasteiger partial charge >= 0.3 is 0 Å². The molecule has 72 valence electrons. The molecule has 4 N–H and O–H groups in total. The molecule has 1 unspecified atom stereocenters. The Hall–Kier alpha value is -0.610. The zero-order chi connectivity index (χ0) is 9.72. The molecule has 4 nitrogen and oxygen atoms in total. The molecule has 12 heavy (non-hydrogen) atoms. The highest BCUT2D eigenvalue weighted by molar-refractivity contribution is 5.82. The van der Waals surface area contributed by atoms with E-state index in [2.05, 4.69) is 5.32 Å². The Kier molecular flexibility index (Phi) is 4.85. The third kappa shape index (κ3) is 3.69. The van der Waals surface area contributed by atoms with Crippen molar-refractivity contribution < 1.29 is 9.90 Å². The first-order valence-corrected chi connectivity index (χ1v) is 4.23. The number of nitrogens with two attached hydrogens (primary N) is 1. The Morgan fingerprint density at radius 3 is 2.42 bits per heavy atom. The molecule has 0 saturated heterocycles. The number of aliphatic hydroxyl groups is 1. The van der Waals surface area contributed by atoms with Gasteiger partial charge < -0.3 is 16.2 Å². The molecule has 0 aliphatic carbocycles. The van der Waals surface area contributed by atoms with Crippen molar-refractivity contribution in [3.8, 4) is 0 Å². The summed E-state index contributed by atoms with van der Waals surface area (Å²) in [6, 6.07) is -0.707. The molecule has 0 rings (SSSR count). The smallest absolute Gasteiger partial charge is 0.239 e. The second-order valence-corrected chi connectivity index (χ2v) is 3.08. The van der Waals surface area contributed by atoms with Gasteiger partial charge in [0.25, 0.3) is 0 Å². The van der Waals surface area contributed by atoms with E-state index >= 15 is 0 Å². The third-order valence-electron chi connectivity index (χ3n) is 1.82. The molecule has 0 aliphatic heterocycles. The van der Waals surface area contributed by atoms with E-state index in [1.54, 1.807) is 0 Å². The van der Waals surface area contributed by atoms with Gasteiger partial charge in [0, 0.05) is 6.04 Å². The van der Waals surface area contributed by atoms with E-state index in [0.717, 1.165) is 6.42 Å². The summed E-state index contributed by atoms with van der Waals surface area (Å²) < 4.78 is 0. The van der Waals surface area contributed by atoms with Crippen LogP contribution in [0.3, 0.4) is 0 Å². The van der Waals surface area contributed by atoms with E-state index in [1.165, 1.54) is 6.92 Å². The van der Waals surface area contributed by atoms with Gasteiger partial charge in [-0.15, -0.1) is 0 Å². The molecule has 0 bridgehead atoms. The molecule has 0 fully saturated rings. The fourth-order valence-electron chi connectivity index (χ4n) is 0.660. The highest BCUT2D eigenvalue weighted by atomic mass is 16.3. The predicted octanol–water partition coefficient (Wildman–Crippen LogP) is -0.391. The van der Waals surface area contributed by atoms with Crippen molar-refractivity contribution in [3.63, 3.8) is 0 Å². The zero-order valence-corrected chi connectivity index (χ0v) is 7.87. The fraction of sp³-hybridized carbons (Fsp3) is 0.875. The number of carbonyl (C=O) groups is 1. The van der Waals surface area contributed by atoms with Gasteiger partial charge in [0.15, 0.2) is 0 Å². The van der Waals surface area contributed by atoms with Gasteiger partial charge in [-0.1, -0.05) is 6.92 Å². The average Bonchev–Trinajstić information content (AvgIpc) is 2.02. The summed E-state index contributed by atoms with van der Waals surface area (Å²) in [5.74, 6) is -0.292. The molecule has 3 atom stereocenters. The maximum absolute atomic E-state index is 11.2. The van der Waals surface area contributed by atoms with Crippen molar-refractivity contribution in [2.75, 3.05) is 0 Å². The first-order chi connectivity index (χ1) is 5.49. The predicted molar refractivity (Wildman–Crippen MR) is 47.6 cm³/mol. The Labute approximate surface area is 73.1 Å². The molecule has 0 aromatic carbocycles. The average molecular weight is 174 g/mol. The quantitative estimate of drug-likeness (QED) is 0.543. The zero-order valence-electron chi connectivity index (χ0n) is 7.87. The summed E-state index contributed by atoms with van der Waals surface area (Å²) in [5.41, 5.74) is 5.40. The maximum atomic E-state index is 11.2. The van der Waals surface area contributed by atoms with Crippen LogP contribution < -0.4 is 11.1 Å². The van der Waals surface area contributed by atoms with Gasteiger partial charge in [-0.05, 0) is 20.3 Å². The number of hydrogen-bond acceptors (Lipinski definition) is 3. The van der Waals surface area contributed by atoms with Crippen molar-refractivity contribution in [2.45, 2.75) is 45.4 Å². The van der Waals surface area contributed by atoms with Crippen LogP contribution in [0.15, 0.2) is 0 Å². The topological polar surface area (TPSA) is 75.4 Å². The fourth-order valence-corrected chi connectivity index (χ4v) is 0.660. The van der Waals surface area contributed by atoms with Crippen LogP contribution in [0.1, 0.15) is 27.2 Å². The van der Waals surface area contributed by atoms with Gasteiger partial charge in [-0.3, -0.25) is 4.79 Å². The lowest BCUT2D eigenvalue weighted by molar-refractivity contribution is -0.125. The summed E-state index contributed by atoms with van der Waals surface area (Å²) >= 11 is 0. The molecule has 0 saturated carbocycles. The lowest BCUT2D eigenvalue weighted by atomic mass is 10.1. The van der Waals surface area contributed by atoms with Gasteiger partial charge in [-0.2, -0.15) is 0 Å². The second-order valence-electron chi connectivity index (χ2n) is 3.08. The lowest BCUT2D eigenvalue weighted by Crippen LogP contribution is -2.49. The van der Waals surface area contributed by atoms with Crippen LogP contribution in [0.5, 0.6) is 0 Å². The summed E-state index contributed by atoms with van der Waals surface area (Å²) in [5, 5.41) is 11.7. The standard InChI is InChI=1S/C8H18N2O2/c1-4-5(2)10-8(12)7(9)6(3)11/h5-7,11H,4,9H2,1-3H3,(H,10,12)/t5-,6?,7-/m1/s1. The van der Waals surface area contributed by atoms with Crippen LogP contribution in [-0.4, -0.2) is 29.2 Å². The van der Waals surface area contributed by atoms with E-state index < -0.39 is 12.1 Å². The number of carbonyl (C=O) groups excluding carboxylic acids is 1. The molecule has 0 aromatic rings. The normalized spacial score (nSPS) is 18.1. The molecule has 4 heteroatoms. The number of nitrogens with one attached hydrogen (secondary N) is 1. The monoisotopic (exact) mass is 174 g/mol. The number of amides is 1. The Balaban J connectivity index is 3.87. The molecule has 0 spiro atoms. The molecule has 0 aromatic heterocycles. The molecule has 0 aliphatic rings. The first-order valence-electron chi connectivity index (χ1n) is 4.23. The van der Waals surface area contributed by atoms with Crippen LogP contribution in [0.2, 0.25) is 0 Å². The van der Waals surface area contributed by atoms with Gasteiger partial charge in [-0.25, -0.2) is 0 Å². The lowest BCUT2D eigenvalue weighted by Gasteiger charge is -2.17. The van der Waals surface area contributed by atoms with Crippen molar-refractivity contribution in [2.24, 2.45) is 5.73 Å². The minimum Gasteiger partial charge on any atom is -0.391 e. The SMILES string of the molecule is CC[C@@H](C)NC(=O)[C@H](N)C(C)O. The summed E-state index contributed by atoms with van der Waals surface area (Å²) in [7, 11) is 0. The highest BCUT2D eigenvalue weighted by Gasteiger charge is 2.19. The van der Waals surface area contributed by atoms with Gasteiger partial charge in [0.1, 0.15) is 6.04 Å². The Bertz CT molecular complexity index is 148. The Morgan fingerprint density at radius 1 is 1.58 bits per heavy atom. The van der Waals surface area contributed by atoms with Crippen LogP contribution in [0, 0.1) is 0 Å². The molecule has 0 heterocycles. The second kappa shape index (κ2) is 5.11. The van der Waals surface area contributed by atoms with Gasteiger partial charge in [0.2, 0.25) is 5.91 Å². The van der Waals surface area contributed by atoms with E-state index in [-0.39, 0.29) is 11.9 Å². The molecular weight excluding hydrogens is 156 g/mol. The minimum atomic E-state index is -0.820. The maximum Gasteiger partial charge on any atom is 0.239 e. The van der Waals surface area contributed by atoms with E-state index in [1.807, 2.05) is 13.8 Å². The largest absolute Gasteiger partial charge is 0.391 e. The van der Waals surface area contributed by atoms with Crippen LogP contribution in [0.25, 0.3) is 0 Å². The van der Waals surface area contributed by atoms with Crippen molar-refractivity contribution in [3.05, 3.63) is 0 Å². The number of hydrogen-bond donors (Lipinski definition) is 3. The van der Waals surface area contributed by atoms with Crippen LogP contribution >= 0.6 is 0 Å². The highest BCUT2D eigenvalue weighted by Crippen LogP contribution is 1.92. The van der Waals surface area contributed by atoms with Crippen molar-refractivity contribution in [1.29, 1.82) is 0 Å². The molecule has 0 radical (unpaired) electrons.